The molecule has 2 rings (SSSR count). The van der Waals surface area contributed by atoms with Crippen molar-refractivity contribution in [3.05, 3.63) is 54.1 Å². The third-order valence-corrected chi connectivity index (χ3v) is 3.06. The molecular weight excluding hydrogens is 243 g/mol. The number of methoxy groups -OCH3 is 1. The van der Waals surface area contributed by atoms with Gasteiger partial charge in [-0.1, -0.05) is 0 Å². The summed E-state index contributed by atoms with van der Waals surface area (Å²) in [6.07, 6.45) is 4.46. The van der Waals surface area contributed by atoms with Crippen LogP contribution in [0.1, 0.15) is 5.56 Å². The second-order valence-corrected chi connectivity index (χ2v) is 4.35. The topological polar surface area (TPSA) is 25.4 Å². The van der Waals surface area contributed by atoms with Gasteiger partial charge in [0.05, 0.1) is 7.11 Å². The summed E-state index contributed by atoms with van der Waals surface area (Å²) in [6, 6.07) is 8.97. The smallest absolute Gasteiger partial charge is 0.167 e. The van der Waals surface area contributed by atoms with Crippen molar-refractivity contribution in [3.8, 4) is 5.75 Å². The summed E-state index contributed by atoms with van der Waals surface area (Å²) in [7, 11) is 3.41. The van der Waals surface area contributed by atoms with Gasteiger partial charge >= 0.3 is 0 Å². The summed E-state index contributed by atoms with van der Waals surface area (Å²) in [4.78, 5) is 6.00. The first kappa shape index (κ1) is 13.3. The SMILES string of the molecule is COc1ccc(N(C)CCc2ccncc2)cc1F. The van der Waals surface area contributed by atoms with Gasteiger partial charge in [-0.25, -0.2) is 4.39 Å². The molecule has 1 aromatic heterocycles. The molecule has 0 aliphatic heterocycles. The van der Waals surface area contributed by atoms with Crippen molar-refractivity contribution in [2.45, 2.75) is 6.42 Å². The van der Waals surface area contributed by atoms with Crippen molar-refractivity contribution in [1.29, 1.82) is 0 Å². The molecule has 0 radical (unpaired) electrons. The molecule has 0 saturated carbocycles. The molecule has 0 bridgehead atoms. The number of nitrogens with zero attached hydrogens (tertiary/aromatic N) is 2. The Labute approximate surface area is 112 Å². The minimum Gasteiger partial charge on any atom is -0.494 e. The monoisotopic (exact) mass is 260 g/mol. The van der Waals surface area contributed by atoms with Crippen LogP contribution in [0.2, 0.25) is 0 Å². The van der Waals surface area contributed by atoms with Crippen molar-refractivity contribution in [2.75, 3.05) is 25.6 Å². The maximum Gasteiger partial charge on any atom is 0.167 e. The van der Waals surface area contributed by atoms with Gasteiger partial charge in [0, 0.05) is 37.7 Å². The van der Waals surface area contributed by atoms with Gasteiger partial charge in [-0.15, -0.1) is 0 Å². The van der Waals surface area contributed by atoms with Crippen LogP contribution in [0, 0.1) is 5.82 Å². The predicted molar refractivity (Wildman–Crippen MR) is 74.2 cm³/mol. The highest BCUT2D eigenvalue weighted by molar-refractivity contribution is 5.49. The van der Waals surface area contributed by atoms with Gasteiger partial charge in [0.25, 0.3) is 0 Å². The lowest BCUT2D eigenvalue weighted by molar-refractivity contribution is 0.386. The van der Waals surface area contributed by atoms with Crippen LogP contribution in [-0.4, -0.2) is 25.7 Å². The van der Waals surface area contributed by atoms with Crippen LogP contribution in [0.5, 0.6) is 5.75 Å². The Kier molecular flexibility index (Phi) is 4.34. The molecule has 1 heterocycles. The molecule has 0 fully saturated rings. The second kappa shape index (κ2) is 6.18. The number of rotatable bonds is 5. The molecule has 4 heteroatoms. The average molecular weight is 260 g/mol. The molecule has 0 aliphatic carbocycles. The Hall–Kier alpha value is -2.10. The van der Waals surface area contributed by atoms with E-state index >= 15 is 0 Å². The highest BCUT2D eigenvalue weighted by atomic mass is 19.1. The van der Waals surface area contributed by atoms with Gasteiger partial charge in [0.2, 0.25) is 0 Å². The van der Waals surface area contributed by atoms with Crippen LogP contribution < -0.4 is 9.64 Å². The molecule has 0 unspecified atom stereocenters. The van der Waals surface area contributed by atoms with Crippen molar-refractivity contribution in [1.82, 2.24) is 4.98 Å². The predicted octanol–water partition coefficient (Wildman–Crippen LogP) is 2.91. The van der Waals surface area contributed by atoms with Gasteiger partial charge < -0.3 is 9.64 Å². The molecule has 1 aromatic carbocycles. The Morgan fingerprint density at radius 3 is 2.58 bits per heavy atom. The lowest BCUT2D eigenvalue weighted by Crippen LogP contribution is -2.20. The van der Waals surface area contributed by atoms with Crippen LogP contribution in [0.25, 0.3) is 0 Å². The summed E-state index contributed by atoms with van der Waals surface area (Å²) in [6.45, 7) is 0.815. The quantitative estimate of drug-likeness (QED) is 0.826. The Morgan fingerprint density at radius 2 is 1.95 bits per heavy atom. The largest absolute Gasteiger partial charge is 0.494 e. The van der Waals surface area contributed by atoms with Crippen molar-refractivity contribution in [3.63, 3.8) is 0 Å². The standard InChI is InChI=1S/C15H17FN2O/c1-18(10-7-12-5-8-17-9-6-12)13-3-4-15(19-2)14(16)11-13/h3-6,8-9,11H,7,10H2,1-2H3. The number of anilines is 1. The average Bonchev–Trinajstić information content (AvgIpc) is 2.45. The normalized spacial score (nSPS) is 10.3. The summed E-state index contributed by atoms with van der Waals surface area (Å²) < 4.78 is 18.5. The van der Waals surface area contributed by atoms with Crippen LogP contribution in [0.15, 0.2) is 42.7 Å². The van der Waals surface area contributed by atoms with E-state index in [0.717, 1.165) is 18.7 Å². The lowest BCUT2D eigenvalue weighted by Gasteiger charge is -2.19. The second-order valence-electron chi connectivity index (χ2n) is 4.35. The van der Waals surface area contributed by atoms with Crippen LogP contribution in [-0.2, 0) is 6.42 Å². The van der Waals surface area contributed by atoms with E-state index < -0.39 is 0 Å². The number of pyridine rings is 1. The van der Waals surface area contributed by atoms with Gasteiger partial charge in [0.1, 0.15) is 0 Å². The van der Waals surface area contributed by atoms with E-state index in [4.69, 9.17) is 4.74 Å². The molecule has 100 valence electrons. The van der Waals surface area contributed by atoms with Crippen molar-refractivity contribution >= 4 is 5.69 Å². The molecule has 19 heavy (non-hydrogen) atoms. The van der Waals surface area contributed by atoms with Crippen molar-refractivity contribution < 1.29 is 9.13 Å². The summed E-state index contributed by atoms with van der Waals surface area (Å²) in [5, 5.41) is 0. The fourth-order valence-electron chi connectivity index (χ4n) is 1.87. The molecule has 0 N–H and O–H groups in total. The molecule has 3 nitrogen and oxygen atoms in total. The minimum absolute atomic E-state index is 0.270. The number of halogens is 1. The molecule has 0 saturated heterocycles. The molecule has 0 amide bonds. The van der Waals surface area contributed by atoms with Crippen molar-refractivity contribution in [2.24, 2.45) is 0 Å². The number of benzene rings is 1. The van der Waals surface area contributed by atoms with E-state index in [-0.39, 0.29) is 11.6 Å². The summed E-state index contributed by atoms with van der Waals surface area (Å²) >= 11 is 0. The molecule has 2 aromatic rings. The lowest BCUT2D eigenvalue weighted by atomic mass is 10.2. The first-order valence-corrected chi connectivity index (χ1v) is 6.14. The molecule has 0 spiro atoms. The van der Waals surface area contributed by atoms with Crippen LogP contribution >= 0.6 is 0 Å². The third kappa shape index (κ3) is 3.44. The molecule has 0 aliphatic rings. The fourth-order valence-corrected chi connectivity index (χ4v) is 1.87. The summed E-state index contributed by atoms with van der Waals surface area (Å²) in [5.41, 5.74) is 2.06. The van der Waals surface area contributed by atoms with E-state index in [1.165, 1.54) is 18.7 Å². The maximum absolute atomic E-state index is 13.6. The number of ether oxygens (including phenoxy) is 1. The minimum atomic E-state index is -0.337. The summed E-state index contributed by atoms with van der Waals surface area (Å²) in [5.74, 6) is -0.0676. The third-order valence-electron chi connectivity index (χ3n) is 3.06. The Morgan fingerprint density at radius 1 is 1.21 bits per heavy atom. The van der Waals surface area contributed by atoms with Gasteiger partial charge in [-0.3, -0.25) is 4.98 Å². The first-order chi connectivity index (χ1) is 9.20. The highest BCUT2D eigenvalue weighted by Crippen LogP contribution is 2.22. The Balaban J connectivity index is 2.00. The zero-order valence-corrected chi connectivity index (χ0v) is 11.1. The van der Waals surface area contributed by atoms with E-state index in [9.17, 15) is 4.39 Å². The van der Waals surface area contributed by atoms with E-state index in [0.29, 0.717) is 0 Å². The van der Waals surface area contributed by atoms with E-state index in [1.807, 2.05) is 30.1 Å². The maximum atomic E-state index is 13.6. The number of aromatic nitrogens is 1. The molecule has 0 atom stereocenters. The van der Waals surface area contributed by atoms with Gasteiger partial charge in [-0.2, -0.15) is 0 Å². The number of hydrogen-bond acceptors (Lipinski definition) is 3. The zero-order valence-electron chi connectivity index (χ0n) is 11.1. The number of hydrogen-bond donors (Lipinski definition) is 0. The first-order valence-electron chi connectivity index (χ1n) is 6.14. The van der Waals surface area contributed by atoms with E-state index in [2.05, 4.69) is 4.98 Å². The van der Waals surface area contributed by atoms with Crippen LogP contribution in [0.4, 0.5) is 10.1 Å². The highest BCUT2D eigenvalue weighted by Gasteiger charge is 2.07. The van der Waals surface area contributed by atoms with Gasteiger partial charge in [0.15, 0.2) is 11.6 Å². The van der Waals surface area contributed by atoms with Gasteiger partial charge in [-0.05, 0) is 36.2 Å². The Bertz CT molecular complexity index is 531. The van der Waals surface area contributed by atoms with Crippen LogP contribution in [0.3, 0.4) is 0 Å². The zero-order chi connectivity index (χ0) is 13.7. The fraction of sp³-hybridized carbons (Fsp3) is 0.267. The van der Waals surface area contributed by atoms with E-state index in [1.54, 1.807) is 18.5 Å². The number of likely N-dealkylation sites (N-methyl/N-ethyl adjacent to an activating group) is 1. The molecular formula is C15H17FN2O.